The molecule has 102 valence electrons. The Kier molecular flexibility index (Phi) is 4.06. The quantitative estimate of drug-likeness (QED) is 0.703. The Hall–Kier alpha value is -2.02. The summed E-state index contributed by atoms with van der Waals surface area (Å²) in [5.41, 5.74) is 0.203. The average Bonchev–Trinajstić information content (AvgIpc) is 2.38. The first-order valence-electron chi connectivity index (χ1n) is 5.78. The van der Waals surface area contributed by atoms with Crippen molar-refractivity contribution in [3.8, 4) is 0 Å². The maximum Gasteiger partial charge on any atom is 0.239 e. The van der Waals surface area contributed by atoms with Crippen LogP contribution in [0.5, 0.6) is 0 Å². The van der Waals surface area contributed by atoms with Crippen molar-refractivity contribution in [3.05, 3.63) is 35.4 Å². The maximum absolute atomic E-state index is 13.3. The highest BCUT2D eigenvalue weighted by atomic mass is 19.1. The van der Waals surface area contributed by atoms with E-state index >= 15 is 0 Å². The van der Waals surface area contributed by atoms with Crippen molar-refractivity contribution in [2.45, 2.75) is 12.6 Å². The van der Waals surface area contributed by atoms with Crippen LogP contribution < -0.4 is 16.0 Å². The molecular formula is C12H13F2N3O2. The molecule has 1 heterocycles. The second-order valence-electron chi connectivity index (χ2n) is 4.19. The topological polar surface area (TPSA) is 70.2 Å². The molecule has 0 bridgehead atoms. The van der Waals surface area contributed by atoms with Gasteiger partial charge in [0.2, 0.25) is 11.8 Å². The van der Waals surface area contributed by atoms with E-state index in [1.54, 1.807) is 0 Å². The zero-order valence-electron chi connectivity index (χ0n) is 10.0. The van der Waals surface area contributed by atoms with Gasteiger partial charge in [0.25, 0.3) is 0 Å². The monoisotopic (exact) mass is 269 g/mol. The molecule has 3 N–H and O–H groups in total. The highest BCUT2D eigenvalue weighted by molar-refractivity contribution is 5.86. The second-order valence-corrected chi connectivity index (χ2v) is 4.19. The Morgan fingerprint density at radius 3 is 2.84 bits per heavy atom. The number of halogens is 2. The minimum Gasteiger partial charge on any atom is -0.353 e. The Bertz CT molecular complexity index is 498. The molecule has 19 heavy (non-hydrogen) atoms. The van der Waals surface area contributed by atoms with Gasteiger partial charge in [0.15, 0.2) is 0 Å². The van der Waals surface area contributed by atoms with Crippen molar-refractivity contribution in [3.63, 3.8) is 0 Å². The summed E-state index contributed by atoms with van der Waals surface area (Å²) in [6.45, 7) is 0.233. The van der Waals surface area contributed by atoms with Crippen molar-refractivity contribution in [2.24, 2.45) is 0 Å². The molecule has 1 aromatic rings. The summed E-state index contributed by atoms with van der Waals surface area (Å²) in [5, 5.41) is 7.82. The smallest absolute Gasteiger partial charge is 0.239 e. The molecule has 1 aliphatic heterocycles. The minimum absolute atomic E-state index is 0.0307. The molecule has 0 spiro atoms. The molecule has 1 aromatic carbocycles. The van der Waals surface area contributed by atoms with E-state index in [-0.39, 0.29) is 37.0 Å². The first-order valence-corrected chi connectivity index (χ1v) is 5.78. The SMILES string of the molecule is O=C1CNC(C(=O)NCc2ccc(F)cc2F)CN1. The summed E-state index contributed by atoms with van der Waals surface area (Å²) in [7, 11) is 0. The molecule has 0 aliphatic carbocycles. The molecule has 2 amide bonds. The average molecular weight is 269 g/mol. The van der Waals surface area contributed by atoms with Crippen molar-refractivity contribution >= 4 is 11.8 Å². The van der Waals surface area contributed by atoms with Crippen molar-refractivity contribution in [1.82, 2.24) is 16.0 Å². The molecule has 0 saturated carbocycles. The zero-order valence-corrected chi connectivity index (χ0v) is 10.0. The van der Waals surface area contributed by atoms with E-state index in [0.717, 1.165) is 12.1 Å². The summed E-state index contributed by atoms with van der Waals surface area (Å²) in [6.07, 6.45) is 0. The predicted octanol–water partition coefficient (Wildman–Crippen LogP) is -0.331. The van der Waals surface area contributed by atoms with E-state index in [4.69, 9.17) is 0 Å². The highest BCUT2D eigenvalue weighted by Gasteiger charge is 2.23. The van der Waals surface area contributed by atoms with Crippen LogP contribution in [0.2, 0.25) is 0 Å². The van der Waals surface area contributed by atoms with Gasteiger partial charge in [-0.25, -0.2) is 8.78 Å². The van der Waals surface area contributed by atoms with E-state index in [0.29, 0.717) is 0 Å². The van der Waals surface area contributed by atoms with Gasteiger partial charge in [-0.05, 0) is 6.07 Å². The first kappa shape index (κ1) is 13.4. The number of amides is 2. The Labute approximate surface area is 108 Å². The van der Waals surface area contributed by atoms with Crippen molar-refractivity contribution < 1.29 is 18.4 Å². The van der Waals surface area contributed by atoms with Crippen LogP contribution in [0.25, 0.3) is 0 Å². The molecule has 1 saturated heterocycles. The molecule has 2 rings (SSSR count). The summed E-state index contributed by atoms with van der Waals surface area (Å²) < 4.78 is 26.0. The molecule has 7 heteroatoms. The van der Waals surface area contributed by atoms with Gasteiger partial charge in [0.1, 0.15) is 17.7 Å². The van der Waals surface area contributed by atoms with Gasteiger partial charge in [-0.15, -0.1) is 0 Å². The van der Waals surface area contributed by atoms with Gasteiger partial charge >= 0.3 is 0 Å². The lowest BCUT2D eigenvalue weighted by atomic mass is 10.2. The number of piperazine rings is 1. The summed E-state index contributed by atoms with van der Waals surface area (Å²) in [5.74, 6) is -1.88. The Balaban J connectivity index is 1.88. The number of benzene rings is 1. The number of carbonyl (C=O) groups excluding carboxylic acids is 2. The molecule has 0 radical (unpaired) electrons. The number of nitrogens with one attached hydrogen (secondary N) is 3. The third-order valence-electron chi connectivity index (χ3n) is 2.80. The van der Waals surface area contributed by atoms with E-state index in [1.807, 2.05) is 0 Å². The minimum atomic E-state index is -0.704. The van der Waals surface area contributed by atoms with E-state index in [1.165, 1.54) is 6.07 Å². The third kappa shape index (κ3) is 3.47. The molecule has 1 aliphatic rings. The largest absolute Gasteiger partial charge is 0.353 e. The molecule has 1 atom stereocenters. The van der Waals surface area contributed by atoms with Crippen LogP contribution in [-0.2, 0) is 16.1 Å². The third-order valence-corrected chi connectivity index (χ3v) is 2.80. The van der Waals surface area contributed by atoms with Gasteiger partial charge in [0, 0.05) is 24.7 Å². The maximum atomic E-state index is 13.3. The molecule has 1 unspecified atom stereocenters. The van der Waals surface area contributed by atoms with Gasteiger partial charge in [0.05, 0.1) is 6.54 Å². The standard InChI is InChI=1S/C12H13F2N3O2/c13-8-2-1-7(9(14)3-8)4-17-12(19)10-5-16-11(18)6-15-10/h1-3,10,15H,4-6H2,(H,16,18)(H,17,19). The van der Waals surface area contributed by atoms with Gasteiger partial charge < -0.3 is 10.6 Å². The Morgan fingerprint density at radius 1 is 1.42 bits per heavy atom. The lowest BCUT2D eigenvalue weighted by Gasteiger charge is -2.23. The zero-order chi connectivity index (χ0) is 13.8. The first-order chi connectivity index (χ1) is 9.06. The Morgan fingerprint density at radius 2 is 2.21 bits per heavy atom. The molecular weight excluding hydrogens is 256 g/mol. The summed E-state index contributed by atoms with van der Waals surface area (Å²) in [4.78, 5) is 22.6. The lowest BCUT2D eigenvalue weighted by molar-refractivity contribution is -0.126. The fourth-order valence-corrected chi connectivity index (χ4v) is 1.72. The lowest BCUT2D eigenvalue weighted by Crippen LogP contribution is -2.57. The van der Waals surface area contributed by atoms with Gasteiger partial charge in [-0.1, -0.05) is 6.07 Å². The number of hydrogen-bond donors (Lipinski definition) is 3. The summed E-state index contributed by atoms with van der Waals surface area (Å²) >= 11 is 0. The highest BCUT2D eigenvalue weighted by Crippen LogP contribution is 2.09. The van der Waals surface area contributed by atoms with Crippen LogP contribution in [-0.4, -0.2) is 30.9 Å². The van der Waals surface area contributed by atoms with Gasteiger partial charge in [-0.2, -0.15) is 0 Å². The molecule has 5 nitrogen and oxygen atoms in total. The predicted molar refractivity (Wildman–Crippen MR) is 63.0 cm³/mol. The number of rotatable bonds is 3. The second kappa shape index (κ2) is 5.75. The van der Waals surface area contributed by atoms with Crippen LogP contribution in [0, 0.1) is 11.6 Å². The van der Waals surface area contributed by atoms with E-state index < -0.39 is 17.7 Å². The van der Waals surface area contributed by atoms with E-state index in [2.05, 4.69) is 16.0 Å². The van der Waals surface area contributed by atoms with Crippen LogP contribution in [0.3, 0.4) is 0 Å². The van der Waals surface area contributed by atoms with Crippen LogP contribution in [0.4, 0.5) is 8.78 Å². The van der Waals surface area contributed by atoms with Crippen LogP contribution >= 0.6 is 0 Å². The number of carbonyl (C=O) groups is 2. The fourth-order valence-electron chi connectivity index (χ4n) is 1.72. The van der Waals surface area contributed by atoms with Gasteiger partial charge in [-0.3, -0.25) is 14.9 Å². The van der Waals surface area contributed by atoms with Crippen molar-refractivity contribution in [1.29, 1.82) is 0 Å². The molecule has 1 fully saturated rings. The summed E-state index contributed by atoms with van der Waals surface area (Å²) in [6, 6.07) is 2.63. The number of hydrogen-bond acceptors (Lipinski definition) is 3. The van der Waals surface area contributed by atoms with Crippen molar-refractivity contribution in [2.75, 3.05) is 13.1 Å². The van der Waals surface area contributed by atoms with E-state index in [9.17, 15) is 18.4 Å². The molecule has 0 aromatic heterocycles. The van der Waals surface area contributed by atoms with Crippen LogP contribution in [0.15, 0.2) is 18.2 Å². The normalized spacial score (nSPS) is 18.8. The fraction of sp³-hybridized carbons (Fsp3) is 0.333. The van der Waals surface area contributed by atoms with Crippen LogP contribution in [0.1, 0.15) is 5.56 Å².